The number of hydrogen-bond acceptors (Lipinski definition) is 5. The van der Waals surface area contributed by atoms with Crippen molar-refractivity contribution in [1.29, 1.82) is 0 Å². The molecule has 2 aromatic heterocycles. The molecular weight excluding hydrogens is 358 g/mol. The number of H-pyrrole nitrogens is 1. The second-order valence-corrected chi connectivity index (χ2v) is 8.67. The average molecular weight is 375 g/mol. The van der Waals surface area contributed by atoms with E-state index in [-0.39, 0.29) is 9.99 Å². The SMILES string of the molecule is CC(=O)c1ccc(NS(=O)(=O)c2ccc(-c3n[nH]c(C)c3C)s2)cc1. The van der Waals surface area contributed by atoms with Crippen molar-refractivity contribution in [2.45, 2.75) is 25.0 Å². The Labute approximate surface area is 150 Å². The van der Waals surface area contributed by atoms with E-state index in [2.05, 4.69) is 14.9 Å². The number of carbonyl (C=O) groups excluding carboxylic acids is 1. The molecular formula is C17H17N3O3S2. The highest BCUT2D eigenvalue weighted by atomic mass is 32.2. The second-order valence-electron chi connectivity index (χ2n) is 5.68. The normalized spacial score (nSPS) is 11.5. The number of nitrogens with zero attached hydrogens (tertiary/aromatic N) is 1. The van der Waals surface area contributed by atoms with E-state index >= 15 is 0 Å². The lowest BCUT2D eigenvalue weighted by Gasteiger charge is -2.06. The molecule has 1 aromatic carbocycles. The van der Waals surface area contributed by atoms with E-state index < -0.39 is 10.0 Å². The number of aryl methyl sites for hydroxylation is 1. The molecule has 0 radical (unpaired) electrons. The van der Waals surface area contributed by atoms with Gasteiger partial charge in [-0.2, -0.15) is 5.10 Å². The van der Waals surface area contributed by atoms with Crippen LogP contribution in [0.25, 0.3) is 10.6 Å². The number of aromatic amines is 1. The monoisotopic (exact) mass is 375 g/mol. The van der Waals surface area contributed by atoms with Gasteiger partial charge in [0.2, 0.25) is 0 Å². The molecule has 3 rings (SSSR count). The van der Waals surface area contributed by atoms with Gasteiger partial charge >= 0.3 is 0 Å². The number of hydrogen-bond donors (Lipinski definition) is 2. The topological polar surface area (TPSA) is 91.9 Å². The summed E-state index contributed by atoms with van der Waals surface area (Å²) in [6, 6.07) is 9.65. The zero-order chi connectivity index (χ0) is 18.2. The van der Waals surface area contributed by atoms with Crippen molar-refractivity contribution >= 4 is 32.8 Å². The van der Waals surface area contributed by atoms with E-state index in [0.717, 1.165) is 33.2 Å². The number of sulfonamides is 1. The van der Waals surface area contributed by atoms with E-state index in [0.29, 0.717) is 11.3 Å². The number of thiophene rings is 1. The lowest BCUT2D eigenvalue weighted by atomic mass is 10.1. The van der Waals surface area contributed by atoms with Crippen LogP contribution in [0.3, 0.4) is 0 Å². The summed E-state index contributed by atoms with van der Waals surface area (Å²) in [6.07, 6.45) is 0. The maximum absolute atomic E-state index is 12.6. The number of anilines is 1. The Balaban J connectivity index is 1.85. The van der Waals surface area contributed by atoms with Crippen molar-refractivity contribution < 1.29 is 13.2 Å². The van der Waals surface area contributed by atoms with Crippen LogP contribution in [0.15, 0.2) is 40.6 Å². The maximum atomic E-state index is 12.6. The first-order chi connectivity index (χ1) is 11.8. The maximum Gasteiger partial charge on any atom is 0.271 e. The summed E-state index contributed by atoms with van der Waals surface area (Å²) in [7, 11) is -3.69. The fraction of sp³-hybridized carbons (Fsp3) is 0.176. The van der Waals surface area contributed by atoms with E-state index in [4.69, 9.17) is 0 Å². The molecule has 130 valence electrons. The summed E-state index contributed by atoms with van der Waals surface area (Å²) >= 11 is 1.16. The molecule has 0 fully saturated rings. The number of rotatable bonds is 5. The molecule has 0 unspecified atom stereocenters. The Morgan fingerprint density at radius 2 is 1.80 bits per heavy atom. The highest BCUT2D eigenvalue weighted by molar-refractivity contribution is 7.94. The summed E-state index contributed by atoms with van der Waals surface area (Å²) in [5.74, 6) is -0.0676. The molecule has 0 saturated carbocycles. The Bertz CT molecular complexity index is 1030. The first-order valence-corrected chi connectivity index (χ1v) is 9.83. The molecule has 25 heavy (non-hydrogen) atoms. The number of ketones is 1. The fourth-order valence-corrected chi connectivity index (χ4v) is 4.71. The third kappa shape index (κ3) is 3.49. The lowest BCUT2D eigenvalue weighted by molar-refractivity contribution is 0.101. The van der Waals surface area contributed by atoms with Crippen molar-refractivity contribution in [3.8, 4) is 10.6 Å². The van der Waals surface area contributed by atoms with Gasteiger partial charge in [-0.1, -0.05) is 0 Å². The molecule has 6 nitrogen and oxygen atoms in total. The molecule has 0 aliphatic heterocycles. The predicted octanol–water partition coefficient (Wildman–Crippen LogP) is 3.76. The zero-order valence-electron chi connectivity index (χ0n) is 14.0. The lowest BCUT2D eigenvalue weighted by Crippen LogP contribution is -2.11. The number of aromatic nitrogens is 2. The van der Waals surface area contributed by atoms with Crippen LogP contribution in [-0.2, 0) is 10.0 Å². The first-order valence-electron chi connectivity index (χ1n) is 7.53. The van der Waals surface area contributed by atoms with Crippen molar-refractivity contribution in [3.05, 3.63) is 53.2 Å². The highest BCUT2D eigenvalue weighted by Crippen LogP contribution is 2.33. The van der Waals surface area contributed by atoms with Gasteiger partial charge in [0, 0.05) is 16.9 Å². The number of benzene rings is 1. The van der Waals surface area contributed by atoms with Gasteiger partial charge in [0.25, 0.3) is 10.0 Å². The average Bonchev–Trinajstić information content (AvgIpc) is 3.16. The van der Waals surface area contributed by atoms with Gasteiger partial charge in [0.15, 0.2) is 5.78 Å². The summed E-state index contributed by atoms with van der Waals surface area (Å²) < 4.78 is 27.9. The van der Waals surface area contributed by atoms with Gasteiger partial charge in [-0.15, -0.1) is 11.3 Å². The summed E-state index contributed by atoms with van der Waals surface area (Å²) in [5, 5.41) is 7.13. The van der Waals surface area contributed by atoms with Crippen LogP contribution in [0.4, 0.5) is 5.69 Å². The van der Waals surface area contributed by atoms with Crippen LogP contribution in [0, 0.1) is 13.8 Å². The number of Topliss-reactive ketones (excluding diaryl/α,β-unsaturated/α-hetero) is 1. The minimum Gasteiger partial charge on any atom is -0.295 e. The first kappa shape index (κ1) is 17.4. The Hall–Kier alpha value is -2.45. The number of carbonyl (C=O) groups is 1. The molecule has 0 amide bonds. The van der Waals surface area contributed by atoms with Crippen molar-refractivity contribution in [3.63, 3.8) is 0 Å². The van der Waals surface area contributed by atoms with Crippen LogP contribution in [-0.4, -0.2) is 24.4 Å². The predicted molar refractivity (Wildman–Crippen MR) is 98.6 cm³/mol. The van der Waals surface area contributed by atoms with E-state index in [1.54, 1.807) is 36.4 Å². The van der Waals surface area contributed by atoms with E-state index in [1.165, 1.54) is 6.92 Å². The Kier molecular flexibility index (Phi) is 4.49. The molecule has 3 aromatic rings. The molecule has 2 heterocycles. The van der Waals surface area contributed by atoms with Crippen LogP contribution < -0.4 is 4.72 Å². The largest absolute Gasteiger partial charge is 0.295 e. The van der Waals surface area contributed by atoms with Crippen LogP contribution in [0.5, 0.6) is 0 Å². The summed E-state index contributed by atoms with van der Waals surface area (Å²) in [4.78, 5) is 12.1. The smallest absolute Gasteiger partial charge is 0.271 e. The summed E-state index contributed by atoms with van der Waals surface area (Å²) in [5.41, 5.74) is 3.65. The highest BCUT2D eigenvalue weighted by Gasteiger charge is 2.19. The molecule has 8 heteroatoms. The third-order valence-electron chi connectivity index (χ3n) is 3.88. The standard InChI is InChI=1S/C17H17N3O3S2/c1-10-11(2)18-19-17(10)15-8-9-16(24-15)25(22,23)20-14-6-4-13(5-7-14)12(3)21/h4-9,20H,1-3H3,(H,18,19). The molecule has 0 aliphatic rings. The molecule has 0 spiro atoms. The minimum absolute atomic E-state index is 0.0676. The molecule has 0 aliphatic carbocycles. The van der Waals surface area contributed by atoms with Crippen LogP contribution in [0.2, 0.25) is 0 Å². The van der Waals surface area contributed by atoms with Gasteiger partial charge in [0.05, 0.1) is 4.88 Å². The van der Waals surface area contributed by atoms with Crippen molar-refractivity contribution in [2.75, 3.05) is 4.72 Å². The van der Waals surface area contributed by atoms with E-state index in [9.17, 15) is 13.2 Å². The van der Waals surface area contributed by atoms with Gasteiger partial charge in [-0.3, -0.25) is 14.6 Å². The van der Waals surface area contributed by atoms with Crippen LogP contribution >= 0.6 is 11.3 Å². The van der Waals surface area contributed by atoms with Gasteiger partial charge in [-0.05, 0) is 62.7 Å². The van der Waals surface area contributed by atoms with Crippen molar-refractivity contribution in [2.24, 2.45) is 0 Å². The fourth-order valence-electron chi connectivity index (χ4n) is 2.30. The second kappa shape index (κ2) is 6.45. The zero-order valence-corrected chi connectivity index (χ0v) is 15.6. The summed E-state index contributed by atoms with van der Waals surface area (Å²) in [6.45, 7) is 5.32. The Morgan fingerprint density at radius 1 is 1.12 bits per heavy atom. The third-order valence-corrected chi connectivity index (χ3v) is 6.84. The Morgan fingerprint density at radius 3 is 2.36 bits per heavy atom. The molecule has 2 N–H and O–H groups in total. The van der Waals surface area contributed by atoms with Gasteiger partial charge < -0.3 is 0 Å². The minimum atomic E-state index is -3.69. The molecule has 0 atom stereocenters. The quantitative estimate of drug-likeness (QED) is 0.664. The van der Waals surface area contributed by atoms with Gasteiger partial charge in [-0.25, -0.2) is 8.42 Å². The van der Waals surface area contributed by atoms with E-state index in [1.807, 2.05) is 13.8 Å². The van der Waals surface area contributed by atoms with Gasteiger partial charge in [0.1, 0.15) is 9.90 Å². The number of nitrogens with one attached hydrogen (secondary N) is 2. The molecule has 0 saturated heterocycles. The van der Waals surface area contributed by atoms with Crippen molar-refractivity contribution in [1.82, 2.24) is 10.2 Å². The van der Waals surface area contributed by atoms with Crippen LogP contribution in [0.1, 0.15) is 28.5 Å². The molecule has 0 bridgehead atoms.